The minimum Gasteiger partial charge on any atom is -0.465 e. The van der Waals surface area contributed by atoms with Crippen LogP contribution in [0.3, 0.4) is 0 Å². The Balaban J connectivity index is 1.48. The van der Waals surface area contributed by atoms with E-state index in [2.05, 4.69) is 20.2 Å². The van der Waals surface area contributed by atoms with Crippen LogP contribution in [0.1, 0.15) is 15.9 Å². The second-order valence-corrected chi connectivity index (χ2v) is 7.40. The Kier molecular flexibility index (Phi) is 5.98. The number of fused-ring (bicyclic) bond motifs is 1. The third-order valence-corrected chi connectivity index (χ3v) is 5.52. The SMILES string of the molecule is COC(=O)c1ccc(/C=N\NC(=O)CSc2nc3ccccc3s2)cc1. The summed E-state index contributed by atoms with van der Waals surface area (Å²) >= 11 is 2.94. The molecule has 3 rings (SSSR count). The van der Waals surface area contributed by atoms with Crippen LogP contribution < -0.4 is 5.43 Å². The monoisotopic (exact) mass is 385 g/mol. The number of nitrogens with zero attached hydrogens (tertiary/aromatic N) is 2. The number of hydrogen-bond acceptors (Lipinski definition) is 7. The van der Waals surface area contributed by atoms with Crippen molar-refractivity contribution in [2.75, 3.05) is 12.9 Å². The number of carbonyl (C=O) groups is 2. The van der Waals surface area contributed by atoms with Crippen molar-refractivity contribution in [3.63, 3.8) is 0 Å². The fourth-order valence-corrected chi connectivity index (χ4v) is 3.94. The Morgan fingerprint density at radius 1 is 1.23 bits per heavy atom. The summed E-state index contributed by atoms with van der Waals surface area (Å²) in [7, 11) is 1.33. The van der Waals surface area contributed by atoms with E-state index in [-0.39, 0.29) is 11.7 Å². The zero-order valence-electron chi connectivity index (χ0n) is 13.8. The lowest BCUT2D eigenvalue weighted by molar-refractivity contribution is -0.118. The van der Waals surface area contributed by atoms with E-state index in [1.54, 1.807) is 35.6 Å². The second kappa shape index (κ2) is 8.59. The number of hydrazone groups is 1. The summed E-state index contributed by atoms with van der Waals surface area (Å²) in [6.07, 6.45) is 1.52. The topological polar surface area (TPSA) is 80.6 Å². The van der Waals surface area contributed by atoms with E-state index in [1.165, 1.54) is 25.1 Å². The number of rotatable bonds is 6. The van der Waals surface area contributed by atoms with Crippen LogP contribution in [0.2, 0.25) is 0 Å². The second-order valence-electron chi connectivity index (χ2n) is 5.14. The molecule has 0 aliphatic rings. The van der Waals surface area contributed by atoms with Crippen molar-refractivity contribution < 1.29 is 14.3 Å². The molecule has 1 heterocycles. The van der Waals surface area contributed by atoms with Crippen molar-refractivity contribution in [3.05, 3.63) is 59.7 Å². The van der Waals surface area contributed by atoms with Gasteiger partial charge in [0.25, 0.3) is 5.91 Å². The van der Waals surface area contributed by atoms with Crippen LogP contribution in [-0.2, 0) is 9.53 Å². The fraction of sp³-hybridized carbons (Fsp3) is 0.111. The Morgan fingerprint density at radius 3 is 2.73 bits per heavy atom. The van der Waals surface area contributed by atoms with Crippen molar-refractivity contribution in [2.45, 2.75) is 4.34 Å². The van der Waals surface area contributed by atoms with Gasteiger partial charge in [0, 0.05) is 0 Å². The average Bonchev–Trinajstić information content (AvgIpc) is 3.09. The summed E-state index contributed by atoms with van der Waals surface area (Å²) in [5, 5.41) is 3.92. The summed E-state index contributed by atoms with van der Waals surface area (Å²) in [5.41, 5.74) is 4.64. The normalized spacial score (nSPS) is 11.0. The third-order valence-electron chi connectivity index (χ3n) is 3.34. The van der Waals surface area contributed by atoms with Crippen LogP contribution in [0.15, 0.2) is 58.0 Å². The number of carbonyl (C=O) groups excluding carboxylic acids is 2. The maximum Gasteiger partial charge on any atom is 0.337 e. The molecule has 1 amide bonds. The molecule has 132 valence electrons. The molecule has 0 fully saturated rings. The number of benzene rings is 2. The number of methoxy groups -OCH3 is 1. The predicted octanol–water partition coefficient (Wildman–Crippen LogP) is 3.33. The minimum absolute atomic E-state index is 0.211. The predicted molar refractivity (Wildman–Crippen MR) is 104 cm³/mol. The molecule has 0 aliphatic carbocycles. The molecule has 8 heteroatoms. The molecule has 0 bridgehead atoms. The Labute approximate surface area is 158 Å². The summed E-state index contributed by atoms with van der Waals surface area (Å²) in [4.78, 5) is 27.7. The highest BCUT2D eigenvalue weighted by atomic mass is 32.2. The summed E-state index contributed by atoms with van der Waals surface area (Å²) < 4.78 is 6.59. The molecule has 2 aromatic carbocycles. The van der Waals surface area contributed by atoms with Crippen LogP contribution in [-0.4, -0.2) is 35.9 Å². The van der Waals surface area contributed by atoms with Gasteiger partial charge in [-0.05, 0) is 29.8 Å². The standard InChI is InChI=1S/C18H15N3O3S2/c1-24-17(23)13-8-6-12(7-9-13)10-19-21-16(22)11-25-18-20-14-4-2-3-5-15(14)26-18/h2-10H,11H2,1H3,(H,21,22)/b19-10-. The van der Waals surface area contributed by atoms with Crippen molar-refractivity contribution in [3.8, 4) is 0 Å². The number of nitrogens with one attached hydrogen (secondary N) is 1. The van der Waals surface area contributed by atoms with Crippen molar-refractivity contribution >= 4 is 51.4 Å². The Morgan fingerprint density at radius 2 is 2.00 bits per heavy atom. The minimum atomic E-state index is -0.395. The number of aromatic nitrogens is 1. The highest BCUT2D eigenvalue weighted by Crippen LogP contribution is 2.28. The number of esters is 1. The third kappa shape index (κ3) is 4.68. The molecule has 1 N–H and O–H groups in total. The molecule has 6 nitrogen and oxygen atoms in total. The number of ether oxygens (including phenoxy) is 1. The highest BCUT2D eigenvalue weighted by Gasteiger charge is 2.07. The molecule has 0 atom stereocenters. The number of para-hydroxylation sites is 1. The van der Waals surface area contributed by atoms with Crippen molar-refractivity contribution in [2.24, 2.45) is 5.10 Å². The number of amides is 1. The maximum absolute atomic E-state index is 11.9. The summed E-state index contributed by atoms with van der Waals surface area (Å²) in [6, 6.07) is 14.6. The molecule has 0 saturated carbocycles. The molecule has 0 aliphatic heterocycles. The summed E-state index contributed by atoms with van der Waals surface area (Å²) in [6.45, 7) is 0. The first-order chi connectivity index (χ1) is 12.7. The van der Waals surface area contributed by atoms with Crippen molar-refractivity contribution in [1.82, 2.24) is 10.4 Å². The van der Waals surface area contributed by atoms with Gasteiger partial charge in [-0.25, -0.2) is 15.2 Å². The largest absolute Gasteiger partial charge is 0.465 e. The molecular formula is C18H15N3O3S2. The fourth-order valence-electron chi connectivity index (χ4n) is 2.07. The lowest BCUT2D eigenvalue weighted by Gasteiger charge is -2.00. The number of hydrogen-bond donors (Lipinski definition) is 1. The van der Waals surface area contributed by atoms with E-state index in [9.17, 15) is 9.59 Å². The Hall–Kier alpha value is -2.71. The van der Waals surface area contributed by atoms with Gasteiger partial charge in [-0.15, -0.1) is 11.3 Å². The first-order valence-electron chi connectivity index (χ1n) is 7.64. The van der Waals surface area contributed by atoms with Crippen LogP contribution in [0.5, 0.6) is 0 Å². The summed E-state index contributed by atoms with van der Waals surface area (Å²) in [5.74, 6) is -0.372. The van der Waals surface area contributed by atoms with Gasteiger partial charge in [-0.1, -0.05) is 36.0 Å². The van der Waals surface area contributed by atoms with Gasteiger partial charge < -0.3 is 4.74 Å². The molecule has 0 spiro atoms. The van der Waals surface area contributed by atoms with E-state index in [1.807, 2.05) is 24.3 Å². The average molecular weight is 385 g/mol. The van der Waals surface area contributed by atoms with Gasteiger partial charge in [0.1, 0.15) is 0 Å². The number of thiazole rings is 1. The molecule has 0 unspecified atom stereocenters. The zero-order valence-corrected chi connectivity index (χ0v) is 15.5. The van der Waals surface area contributed by atoms with Crippen LogP contribution >= 0.6 is 23.1 Å². The van der Waals surface area contributed by atoms with Gasteiger partial charge in [0.2, 0.25) is 0 Å². The van der Waals surface area contributed by atoms with Gasteiger partial charge in [0.15, 0.2) is 4.34 Å². The molecular weight excluding hydrogens is 370 g/mol. The van der Waals surface area contributed by atoms with Gasteiger partial charge >= 0.3 is 5.97 Å². The van der Waals surface area contributed by atoms with Gasteiger partial charge in [0.05, 0.1) is 34.9 Å². The molecule has 26 heavy (non-hydrogen) atoms. The Bertz CT molecular complexity index is 919. The quantitative estimate of drug-likeness (QED) is 0.305. The molecule has 1 aromatic heterocycles. The van der Waals surface area contributed by atoms with Crippen LogP contribution in [0, 0.1) is 0 Å². The molecule has 0 radical (unpaired) electrons. The van der Waals surface area contributed by atoms with Crippen LogP contribution in [0.25, 0.3) is 10.2 Å². The first kappa shape index (κ1) is 18.1. The first-order valence-corrected chi connectivity index (χ1v) is 9.44. The van der Waals surface area contributed by atoms with E-state index in [0.29, 0.717) is 5.56 Å². The van der Waals surface area contributed by atoms with E-state index >= 15 is 0 Å². The lowest BCUT2D eigenvalue weighted by Crippen LogP contribution is -2.19. The van der Waals surface area contributed by atoms with Gasteiger partial charge in [-0.3, -0.25) is 4.79 Å². The lowest BCUT2D eigenvalue weighted by atomic mass is 10.1. The van der Waals surface area contributed by atoms with Gasteiger partial charge in [-0.2, -0.15) is 5.10 Å². The zero-order chi connectivity index (χ0) is 18.4. The van der Waals surface area contributed by atoms with Crippen LogP contribution in [0.4, 0.5) is 0 Å². The van der Waals surface area contributed by atoms with E-state index in [4.69, 9.17) is 0 Å². The maximum atomic E-state index is 11.9. The molecule has 0 saturated heterocycles. The van der Waals surface area contributed by atoms with E-state index in [0.717, 1.165) is 20.1 Å². The smallest absolute Gasteiger partial charge is 0.337 e. The highest BCUT2D eigenvalue weighted by molar-refractivity contribution is 8.01. The number of thioether (sulfide) groups is 1. The van der Waals surface area contributed by atoms with Crippen molar-refractivity contribution in [1.29, 1.82) is 0 Å². The molecule has 3 aromatic rings. The van der Waals surface area contributed by atoms with E-state index < -0.39 is 5.97 Å².